The Morgan fingerprint density at radius 1 is 1.17 bits per heavy atom. The number of hydrogen-bond donors (Lipinski definition) is 3. The maximum absolute atomic E-state index is 10.8. The summed E-state index contributed by atoms with van der Waals surface area (Å²) in [5, 5.41) is 17.4. The number of nitrogens with zero attached hydrogens (tertiary/aromatic N) is 3. The number of hydrogen-bond acceptors (Lipinski definition) is 5. The van der Waals surface area contributed by atoms with E-state index in [0.29, 0.717) is 19.6 Å². The van der Waals surface area contributed by atoms with Gasteiger partial charge in [-0.2, -0.15) is 0 Å². The fourth-order valence-corrected chi connectivity index (χ4v) is 3.61. The molecule has 0 amide bonds. The highest BCUT2D eigenvalue weighted by atomic mass is 16.5. The second kappa shape index (κ2) is 12.9. The molecule has 7 heteroatoms. The average Bonchev–Trinajstić information content (AvgIpc) is 2.74. The van der Waals surface area contributed by atoms with E-state index in [2.05, 4.69) is 58.5 Å². The molecule has 1 unspecified atom stereocenters. The molecule has 0 aromatic heterocycles. The lowest BCUT2D eigenvalue weighted by molar-refractivity contribution is -0.0201. The topological polar surface area (TPSA) is 72.4 Å². The van der Waals surface area contributed by atoms with E-state index in [0.717, 1.165) is 58.4 Å². The molecule has 1 aromatic rings. The van der Waals surface area contributed by atoms with Crippen LogP contribution < -0.4 is 10.6 Å². The second-order valence-electron chi connectivity index (χ2n) is 8.22. The van der Waals surface area contributed by atoms with Crippen molar-refractivity contribution in [2.45, 2.75) is 46.4 Å². The molecule has 3 N–H and O–H groups in total. The van der Waals surface area contributed by atoms with Gasteiger partial charge in [0.1, 0.15) is 0 Å². The van der Waals surface area contributed by atoms with Crippen LogP contribution in [-0.4, -0.2) is 85.5 Å². The van der Waals surface area contributed by atoms with Crippen LogP contribution in [0, 0.1) is 0 Å². The quantitative estimate of drug-likeness (QED) is 0.374. The first-order valence-electron chi connectivity index (χ1n) is 11.3. The molecule has 0 aliphatic carbocycles. The minimum Gasteiger partial charge on any atom is -0.387 e. The van der Waals surface area contributed by atoms with Gasteiger partial charge in [-0.3, -0.25) is 9.80 Å². The van der Waals surface area contributed by atoms with Crippen molar-refractivity contribution in [1.82, 2.24) is 20.4 Å². The number of guanidine groups is 1. The van der Waals surface area contributed by atoms with Crippen LogP contribution in [0.15, 0.2) is 29.3 Å². The van der Waals surface area contributed by atoms with Gasteiger partial charge in [-0.15, -0.1) is 0 Å². The summed E-state index contributed by atoms with van der Waals surface area (Å²) in [5.74, 6) is 0.730. The largest absolute Gasteiger partial charge is 0.387 e. The highest BCUT2D eigenvalue weighted by Gasteiger charge is 2.25. The SMILES string of the molecule is CCNC(=NCc1cccc(CN(CC)CC)c1)NCC(C)(O)CN1CCOCC1. The van der Waals surface area contributed by atoms with E-state index in [9.17, 15) is 5.11 Å². The Morgan fingerprint density at radius 2 is 1.87 bits per heavy atom. The zero-order chi connectivity index (χ0) is 21.8. The van der Waals surface area contributed by atoms with Crippen LogP contribution in [-0.2, 0) is 17.8 Å². The molecule has 0 radical (unpaired) electrons. The highest BCUT2D eigenvalue weighted by Crippen LogP contribution is 2.10. The summed E-state index contributed by atoms with van der Waals surface area (Å²) in [4.78, 5) is 9.38. The smallest absolute Gasteiger partial charge is 0.191 e. The maximum Gasteiger partial charge on any atom is 0.191 e. The van der Waals surface area contributed by atoms with Crippen molar-refractivity contribution in [3.63, 3.8) is 0 Å². The molecule has 30 heavy (non-hydrogen) atoms. The molecule has 0 spiro atoms. The van der Waals surface area contributed by atoms with Gasteiger partial charge in [0.2, 0.25) is 0 Å². The molecule has 1 aliphatic rings. The minimum atomic E-state index is -0.836. The summed E-state index contributed by atoms with van der Waals surface area (Å²) in [5.41, 5.74) is 1.67. The third kappa shape index (κ3) is 9.00. The van der Waals surface area contributed by atoms with Crippen molar-refractivity contribution in [3.05, 3.63) is 35.4 Å². The zero-order valence-corrected chi connectivity index (χ0v) is 19.3. The van der Waals surface area contributed by atoms with Crippen LogP contribution in [0.3, 0.4) is 0 Å². The van der Waals surface area contributed by atoms with Crippen molar-refractivity contribution in [2.75, 3.05) is 59.0 Å². The number of ether oxygens (including phenoxy) is 1. The van der Waals surface area contributed by atoms with Gasteiger partial charge in [0.15, 0.2) is 5.96 Å². The molecule has 1 saturated heterocycles. The van der Waals surface area contributed by atoms with E-state index in [-0.39, 0.29) is 0 Å². The highest BCUT2D eigenvalue weighted by molar-refractivity contribution is 5.79. The van der Waals surface area contributed by atoms with E-state index >= 15 is 0 Å². The number of benzene rings is 1. The maximum atomic E-state index is 10.8. The molecular weight excluding hydrogens is 378 g/mol. The standard InChI is InChI=1S/C23H41N5O2/c1-5-24-22(26-18-23(4,29)19-28-11-13-30-14-12-28)25-16-20-9-8-10-21(15-20)17-27(6-2)7-3/h8-10,15,29H,5-7,11-14,16-19H2,1-4H3,(H2,24,25,26). The van der Waals surface area contributed by atoms with Crippen LogP contribution >= 0.6 is 0 Å². The number of morpholine rings is 1. The lowest BCUT2D eigenvalue weighted by Gasteiger charge is -2.34. The fraction of sp³-hybridized carbons (Fsp3) is 0.696. The van der Waals surface area contributed by atoms with Crippen LogP contribution in [0.4, 0.5) is 0 Å². The van der Waals surface area contributed by atoms with Crippen LogP contribution in [0.5, 0.6) is 0 Å². The molecule has 1 atom stereocenters. The number of β-amino-alcohol motifs (C(OH)–C–C–N with tert-alkyl or cyclic N) is 1. The summed E-state index contributed by atoms with van der Waals surface area (Å²) in [6.07, 6.45) is 0. The van der Waals surface area contributed by atoms with Crippen LogP contribution in [0.25, 0.3) is 0 Å². The normalized spacial score (nSPS) is 17.7. The molecule has 170 valence electrons. The molecule has 1 aliphatic heterocycles. The van der Waals surface area contributed by atoms with Crippen LogP contribution in [0.1, 0.15) is 38.8 Å². The summed E-state index contributed by atoms with van der Waals surface area (Å²) >= 11 is 0. The summed E-state index contributed by atoms with van der Waals surface area (Å²) < 4.78 is 5.39. The molecule has 1 fully saturated rings. The van der Waals surface area contributed by atoms with Crippen molar-refractivity contribution >= 4 is 5.96 Å². The minimum absolute atomic E-state index is 0.443. The Balaban J connectivity index is 1.91. The molecule has 1 heterocycles. The summed E-state index contributed by atoms with van der Waals surface area (Å²) in [6, 6.07) is 8.64. The first kappa shape index (κ1) is 24.6. The summed E-state index contributed by atoms with van der Waals surface area (Å²) in [6.45, 7) is 17.0. The molecular formula is C23H41N5O2. The predicted octanol–water partition coefficient (Wildman–Crippen LogP) is 1.67. The number of nitrogens with one attached hydrogen (secondary N) is 2. The van der Waals surface area contributed by atoms with Crippen molar-refractivity contribution < 1.29 is 9.84 Å². The molecule has 1 aromatic carbocycles. The average molecular weight is 420 g/mol. The first-order chi connectivity index (χ1) is 14.5. The fourth-order valence-electron chi connectivity index (χ4n) is 3.61. The van der Waals surface area contributed by atoms with E-state index < -0.39 is 5.60 Å². The van der Waals surface area contributed by atoms with Gasteiger partial charge in [-0.25, -0.2) is 4.99 Å². The van der Waals surface area contributed by atoms with E-state index in [1.54, 1.807) is 0 Å². The van der Waals surface area contributed by atoms with Gasteiger partial charge in [-0.1, -0.05) is 38.1 Å². The van der Waals surface area contributed by atoms with Crippen molar-refractivity contribution in [2.24, 2.45) is 4.99 Å². The lowest BCUT2D eigenvalue weighted by Crippen LogP contribution is -2.52. The summed E-state index contributed by atoms with van der Waals surface area (Å²) in [7, 11) is 0. The molecule has 7 nitrogen and oxygen atoms in total. The van der Waals surface area contributed by atoms with Crippen molar-refractivity contribution in [1.29, 1.82) is 0 Å². The third-order valence-corrected chi connectivity index (χ3v) is 5.36. The van der Waals surface area contributed by atoms with E-state index in [4.69, 9.17) is 9.73 Å². The Labute approximate surface area is 182 Å². The Bertz CT molecular complexity index is 640. The van der Waals surface area contributed by atoms with E-state index in [1.165, 1.54) is 11.1 Å². The number of aliphatic hydroxyl groups is 1. The zero-order valence-electron chi connectivity index (χ0n) is 19.3. The number of rotatable bonds is 11. The molecule has 2 rings (SSSR count). The Morgan fingerprint density at radius 3 is 2.53 bits per heavy atom. The Hall–Kier alpha value is -1.67. The predicted molar refractivity (Wildman–Crippen MR) is 124 cm³/mol. The second-order valence-corrected chi connectivity index (χ2v) is 8.22. The van der Waals surface area contributed by atoms with Crippen LogP contribution in [0.2, 0.25) is 0 Å². The lowest BCUT2D eigenvalue weighted by atomic mass is 10.1. The van der Waals surface area contributed by atoms with Gasteiger partial charge in [0.05, 0.1) is 25.4 Å². The first-order valence-corrected chi connectivity index (χ1v) is 11.3. The Kier molecular flexibility index (Phi) is 10.6. The van der Waals surface area contributed by atoms with Gasteiger partial charge in [-0.05, 0) is 38.1 Å². The molecule has 0 bridgehead atoms. The molecule has 0 saturated carbocycles. The van der Waals surface area contributed by atoms with Gasteiger partial charge < -0.3 is 20.5 Å². The monoisotopic (exact) mass is 419 g/mol. The van der Waals surface area contributed by atoms with E-state index in [1.807, 2.05) is 13.8 Å². The number of aliphatic imine (C=N–C) groups is 1. The third-order valence-electron chi connectivity index (χ3n) is 5.36. The van der Waals surface area contributed by atoms with Gasteiger partial charge >= 0.3 is 0 Å². The van der Waals surface area contributed by atoms with Crippen molar-refractivity contribution in [3.8, 4) is 0 Å². The van der Waals surface area contributed by atoms with Gasteiger partial charge in [0, 0.05) is 39.3 Å². The van der Waals surface area contributed by atoms with Gasteiger partial charge in [0.25, 0.3) is 0 Å².